The molecular formula is C64H82N22O32P4S2-4. The summed E-state index contributed by atoms with van der Waals surface area (Å²) < 4.78 is 178. The number of aryl methyl sites for hydroxylation is 1. The van der Waals surface area contributed by atoms with E-state index in [9.17, 15) is 38.3 Å². The first kappa shape index (κ1) is 89.7. The molecule has 4 bridgehead atoms. The summed E-state index contributed by atoms with van der Waals surface area (Å²) in [4.78, 5) is 147. The van der Waals surface area contributed by atoms with Crippen LogP contribution in [0.15, 0.2) is 63.3 Å². The van der Waals surface area contributed by atoms with Gasteiger partial charge in [-0.05, 0) is 27.2 Å². The van der Waals surface area contributed by atoms with Crippen molar-refractivity contribution in [1.29, 1.82) is 0 Å². The molecule has 26 atom stereocenters. The number of aromatic nitrogens is 18. The van der Waals surface area contributed by atoms with Crippen molar-refractivity contribution in [2.45, 2.75) is 168 Å². The number of aliphatic hydroxyl groups excluding tert-OH is 1. The number of nitrogens with zero attached hydrogens (tertiary/aromatic N) is 15. The Labute approximate surface area is 706 Å². The van der Waals surface area contributed by atoms with Crippen molar-refractivity contribution in [3.8, 4) is 0 Å². The molecule has 7 saturated heterocycles. The highest BCUT2D eigenvalue weighted by molar-refractivity contribution is 8.32. The fraction of sp³-hybridized carbons (Fsp3) is 0.625. The molecule has 7 aliphatic rings. The van der Waals surface area contributed by atoms with Crippen molar-refractivity contribution < 1.29 is 131 Å². The SMILES string of the molecule is CC[C@]12O[C@@H](n3cnc4c(N)ncnc43)[C@@H](O[C@H]1C)C2OP(=O)([O-])OC[C@]12O[C@@H](n3cnc4c(=O)[nH]c(N)nc43)[C@@H](O[C@H]1C)C2OP(=O)([O-])OC[C@H]1O[C@@H](n2cnc3c(=O)[nH]c(N)nc32)[C@@H](OCCOC)C1OP([O-])(=S)OC[C@H]1O[C@@H](n2cnc3c(N)ncnc32)[C@@H](OCCOC)C1OP(=O)([S-])OC[C@H]1O[C@@H](n2cc(C)c(=O)[nH]c2=O)[C@@H](OCCOC)C1O. The number of methoxy groups -OCH3 is 3. The number of ether oxygens (including phenoxy) is 13. The van der Waals surface area contributed by atoms with E-state index in [1.54, 1.807) is 13.8 Å². The van der Waals surface area contributed by atoms with Crippen LogP contribution in [-0.4, -0.2) is 283 Å². The first-order chi connectivity index (χ1) is 59.1. The van der Waals surface area contributed by atoms with E-state index in [0.717, 1.165) is 32.7 Å². The monoisotopic (exact) mass is 1860 g/mol. The first-order valence-electron chi connectivity index (χ1n) is 37.9. The number of nitrogen functional groups attached to an aromatic ring is 4. The van der Waals surface area contributed by atoms with Gasteiger partial charge in [0.2, 0.25) is 11.9 Å². The molecule has 0 saturated carbocycles. The molecule has 0 spiro atoms. The maximum Gasteiger partial charge on any atom is 0.330 e. The Hall–Kier alpha value is -7.63. The number of phosphoric ester groups is 2. The van der Waals surface area contributed by atoms with E-state index in [2.05, 4.69) is 64.8 Å². The Balaban J connectivity index is 0.691. The number of aliphatic hydroxyl groups is 1. The number of rotatable bonds is 38. The van der Waals surface area contributed by atoms with Crippen molar-refractivity contribution in [2.75, 3.05) is 110 Å². The normalized spacial score (nSPS) is 32.4. The smallest absolute Gasteiger partial charge is 0.330 e. The zero-order valence-corrected chi connectivity index (χ0v) is 71.3. The summed E-state index contributed by atoms with van der Waals surface area (Å²) in [7, 11) is -7.64. The van der Waals surface area contributed by atoms with Crippen molar-refractivity contribution in [1.82, 2.24) is 87.6 Å². The summed E-state index contributed by atoms with van der Waals surface area (Å²) in [6.07, 6.45) is -22.0. The minimum atomic E-state index is -6.04. The van der Waals surface area contributed by atoms with Gasteiger partial charge < -0.3 is 153 Å². The number of anilines is 4. The summed E-state index contributed by atoms with van der Waals surface area (Å²) in [5.41, 5.74) is 17.0. The number of aromatic amines is 3. The molecule has 60 heteroatoms. The molecule has 676 valence electrons. The van der Waals surface area contributed by atoms with Gasteiger partial charge in [-0.25, -0.2) is 44.7 Å². The Morgan fingerprint density at radius 3 is 1.48 bits per heavy atom. The van der Waals surface area contributed by atoms with Gasteiger partial charge in [-0.3, -0.25) is 65.9 Å². The number of imidazole rings is 4. The molecular weight excluding hydrogens is 1780 g/mol. The lowest BCUT2D eigenvalue weighted by Gasteiger charge is -2.39. The van der Waals surface area contributed by atoms with Crippen molar-refractivity contribution in [3.63, 3.8) is 0 Å². The highest BCUT2D eigenvalue weighted by Crippen LogP contribution is 2.61. The number of hydrogen-bond acceptors (Lipinski definition) is 48. The van der Waals surface area contributed by atoms with E-state index in [4.69, 9.17) is 145 Å². The molecule has 0 amide bonds. The molecule has 16 heterocycles. The molecule has 0 radical (unpaired) electrons. The van der Waals surface area contributed by atoms with E-state index < -0.39 is 218 Å². The van der Waals surface area contributed by atoms with Crippen molar-refractivity contribution >= 4 is 121 Å². The third-order valence-corrected chi connectivity index (χ3v) is 26.9. The molecule has 124 heavy (non-hydrogen) atoms. The largest absolute Gasteiger partial charge is 0.780 e. The van der Waals surface area contributed by atoms with Gasteiger partial charge in [0.15, 0.2) is 83.2 Å². The lowest BCUT2D eigenvalue weighted by Crippen LogP contribution is -2.51. The molecule has 7 fully saturated rings. The zero-order valence-electron chi connectivity index (χ0n) is 66.1. The fourth-order valence-corrected chi connectivity index (χ4v) is 20.9. The van der Waals surface area contributed by atoms with E-state index in [1.807, 2.05) is 0 Å². The van der Waals surface area contributed by atoms with Gasteiger partial charge in [0.05, 0.1) is 104 Å². The topological polar surface area (TPSA) is 708 Å². The highest BCUT2D eigenvalue weighted by Gasteiger charge is 2.70. The van der Waals surface area contributed by atoms with Crippen LogP contribution in [0.1, 0.15) is 63.9 Å². The van der Waals surface area contributed by atoms with Crippen LogP contribution in [-0.2, 0) is 136 Å². The van der Waals surface area contributed by atoms with Crippen LogP contribution >= 0.6 is 29.2 Å². The van der Waals surface area contributed by atoms with E-state index in [1.165, 1.54) is 69.5 Å². The van der Waals surface area contributed by atoms with Gasteiger partial charge in [0.25, 0.3) is 32.3 Å². The van der Waals surface area contributed by atoms with Gasteiger partial charge >= 0.3 is 5.69 Å². The van der Waals surface area contributed by atoms with Crippen molar-refractivity contribution in [3.05, 3.63) is 91.3 Å². The van der Waals surface area contributed by atoms with Crippen LogP contribution in [0.5, 0.6) is 0 Å². The fourth-order valence-electron chi connectivity index (χ4n) is 16.1. The number of hydrogen-bond donors (Lipinski definition) is 8. The summed E-state index contributed by atoms with van der Waals surface area (Å²) in [6, 6.07) is 0. The molecule has 12 N–H and O–H groups in total. The van der Waals surface area contributed by atoms with E-state index >= 15 is 14.4 Å². The van der Waals surface area contributed by atoms with Crippen molar-refractivity contribution in [2.24, 2.45) is 0 Å². The number of H-pyrrole nitrogens is 3. The second-order valence-electron chi connectivity index (χ2n) is 29.3. The van der Waals surface area contributed by atoms with Gasteiger partial charge in [-0.1, -0.05) is 18.7 Å². The Bertz CT molecular complexity index is 5910. The predicted molar refractivity (Wildman–Crippen MR) is 416 cm³/mol. The van der Waals surface area contributed by atoms with Gasteiger partial charge in [0.1, 0.15) is 121 Å². The minimum absolute atomic E-state index is 0.0281. The van der Waals surface area contributed by atoms with Crippen LogP contribution in [0.4, 0.5) is 23.5 Å². The summed E-state index contributed by atoms with van der Waals surface area (Å²) >= 11 is 11.3. The lowest BCUT2D eigenvalue weighted by molar-refractivity contribution is -0.253. The third-order valence-electron chi connectivity index (χ3n) is 21.9. The van der Waals surface area contributed by atoms with Crippen LogP contribution in [0.3, 0.4) is 0 Å². The van der Waals surface area contributed by atoms with Gasteiger partial charge in [-0.2, -0.15) is 9.97 Å². The molecule has 9 aromatic rings. The summed E-state index contributed by atoms with van der Waals surface area (Å²) in [5.74, 6) is -0.797. The average Bonchev–Trinajstić information content (AvgIpc) is 1.55. The highest BCUT2D eigenvalue weighted by atomic mass is 32.7. The number of nitrogens with one attached hydrogen (secondary N) is 3. The standard InChI is InChI=1S/C64H86N22O32P4S2/c1-8-63-27(3)108-42(58(113-63)84-23-74-33-47(66)70-21-72-49(33)84)44(63)117-120(94,95)107-19-64-28(4)109-43(59(114-64)86-25-76-35-51(86)78-61(68)80-54(35)90)45(64)118-119(92,93)104-17-30-37(41(103-14-11-100-7)57(111-30)85-24-75-34-50(85)77-60(67)79-53(34)89)115-122(97,124)106-18-31-38(40(102-13-10-99-6)56(112-31)83-22-73-32-46(65)69-20-71-48(32)83)116-121(96,123)105-16-29-36(87)39(101-12-9-98-5)55(110-29)82-15-26(2)52(88)81-62(82)91/h15,20-25,27-31,36-45,55-59,87H,8-14,16-19H2,1-7H3,(H,92,93)(H,94,95)(H,96,123)(H,97,124)(H2,65,69,71)(H2,66,70,72)(H,81,88,91)(H3,67,77,79,89)(H3,68,78,80,90)/p-4/t27-,28-,29+,30+,31+,36?,37?,38?,39-,40-,41-,42-,43-,44?,45?,55+,56+,57+,58+,59+,63-,64-,121?,122?/m0/s1. The van der Waals surface area contributed by atoms with E-state index in [0.29, 0.717) is 0 Å². The number of nitrogens with two attached hydrogens (primary N) is 4. The molecule has 0 aromatic carbocycles. The molecule has 54 nitrogen and oxygen atoms in total. The minimum Gasteiger partial charge on any atom is -0.780 e. The maximum atomic E-state index is 15.5. The van der Waals surface area contributed by atoms with Gasteiger partial charge in [-0.15, -0.1) is 0 Å². The molecule has 0 aliphatic carbocycles. The van der Waals surface area contributed by atoms with Crippen LogP contribution in [0, 0.1) is 6.92 Å². The Morgan fingerprint density at radius 2 is 0.952 bits per heavy atom. The first-order valence-corrected chi connectivity index (χ1v) is 46.0. The Morgan fingerprint density at radius 1 is 0.516 bits per heavy atom. The average molecular weight is 1860 g/mol. The number of phosphoric acid groups is 2. The number of fused-ring (bicyclic) bond motifs is 8. The van der Waals surface area contributed by atoms with E-state index in [-0.39, 0.29) is 114 Å². The molecule has 7 aliphatic heterocycles. The maximum absolute atomic E-state index is 15.5. The van der Waals surface area contributed by atoms with Gasteiger partial charge in [0, 0.05) is 33.1 Å². The Kier molecular flexibility index (Phi) is 25.6. The molecule has 9 aromatic heterocycles. The van der Waals surface area contributed by atoms with Crippen LogP contribution in [0.25, 0.3) is 44.7 Å². The molecule has 9 unspecified atom stereocenters. The lowest BCUT2D eigenvalue weighted by atomic mass is 9.91. The zero-order chi connectivity index (χ0) is 88.0. The summed E-state index contributed by atoms with van der Waals surface area (Å²) in [5, 5.41) is 11.7. The second-order valence-corrected chi connectivity index (χ2v) is 37.4. The second kappa shape index (κ2) is 35.4. The molecule has 16 rings (SSSR count). The van der Waals surface area contributed by atoms with Crippen LogP contribution < -0.4 is 60.0 Å². The third kappa shape index (κ3) is 17.1. The van der Waals surface area contributed by atoms with Crippen LogP contribution in [0.2, 0.25) is 0 Å². The quantitative estimate of drug-likeness (QED) is 0.0106. The predicted octanol–water partition coefficient (Wildman–Crippen LogP) is -3.43. The summed E-state index contributed by atoms with van der Waals surface area (Å²) in [6.45, 7) is -9.16.